The molecule has 94 valence electrons. The highest BCUT2D eigenvalue weighted by Gasteiger charge is 2.37. The molecule has 1 saturated heterocycles. The average Bonchev–Trinajstić information content (AvgIpc) is 2.34. The fourth-order valence-corrected chi connectivity index (χ4v) is 2.39. The Bertz CT molecular complexity index is 438. The molecule has 0 amide bonds. The minimum Gasteiger partial charge on any atom is -0.381 e. The number of nitrogens with zero attached hydrogens (tertiary/aromatic N) is 1. The molecule has 0 radical (unpaired) electrons. The van der Waals surface area contributed by atoms with E-state index in [-0.39, 0.29) is 5.60 Å². The lowest BCUT2D eigenvalue weighted by atomic mass is 9.93. The maximum absolute atomic E-state index is 5.92. The van der Waals surface area contributed by atoms with E-state index in [0.717, 1.165) is 23.1 Å². The van der Waals surface area contributed by atoms with Crippen molar-refractivity contribution in [1.82, 2.24) is 9.97 Å². The molecule has 0 bridgehead atoms. The van der Waals surface area contributed by atoms with Crippen molar-refractivity contribution in [3.05, 3.63) is 21.1 Å². The predicted molar refractivity (Wildman–Crippen MR) is 70.5 cm³/mol. The van der Waals surface area contributed by atoms with Crippen LogP contribution >= 0.6 is 28.1 Å². The third-order valence-corrected chi connectivity index (χ3v) is 4.09. The Kier molecular flexibility index (Phi) is 4.30. The maximum Gasteiger partial charge on any atom is 0.139 e. The number of halogens is 1. The lowest BCUT2D eigenvalue weighted by Gasteiger charge is -2.35. The molecule has 1 aromatic heterocycles. The third-order valence-electron chi connectivity index (χ3n) is 2.91. The fourth-order valence-electron chi connectivity index (χ4n) is 2.04. The van der Waals surface area contributed by atoms with E-state index < -0.39 is 0 Å². The zero-order valence-electron chi connectivity index (χ0n) is 9.66. The molecule has 0 atom stereocenters. The van der Waals surface area contributed by atoms with Crippen LogP contribution in [0.4, 0.5) is 0 Å². The van der Waals surface area contributed by atoms with Gasteiger partial charge in [0.1, 0.15) is 16.1 Å². The molecule has 1 aliphatic rings. The minimum atomic E-state index is -0.374. The second kappa shape index (κ2) is 5.56. The highest BCUT2D eigenvalue weighted by molar-refractivity contribution is 9.10. The summed E-state index contributed by atoms with van der Waals surface area (Å²) in [7, 11) is 0. The molecule has 0 saturated carbocycles. The molecule has 0 unspecified atom stereocenters. The highest BCUT2D eigenvalue weighted by Crippen LogP contribution is 2.34. The van der Waals surface area contributed by atoms with Gasteiger partial charge in [0.05, 0.1) is 4.47 Å². The molecule has 0 aliphatic carbocycles. The van der Waals surface area contributed by atoms with Crippen LogP contribution in [0.2, 0.25) is 0 Å². The number of aromatic amines is 1. The van der Waals surface area contributed by atoms with Gasteiger partial charge in [0.25, 0.3) is 0 Å². The van der Waals surface area contributed by atoms with Crippen LogP contribution in [-0.4, -0.2) is 29.8 Å². The van der Waals surface area contributed by atoms with Gasteiger partial charge in [0.15, 0.2) is 0 Å². The van der Waals surface area contributed by atoms with Crippen LogP contribution in [0, 0.1) is 4.64 Å². The summed E-state index contributed by atoms with van der Waals surface area (Å²) in [6, 6.07) is 0. The van der Waals surface area contributed by atoms with Crippen molar-refractivity contribution < 1.29 is 9.47 Å². The second-order valence-electron chi connectivity index (χ2n) is 3.95. The Balaban J connectivity index is 2.37. The van der Waals surface area contributed by atoms with E-state index in [1.165, 1.54) is 0 Å². The van der Waals surface area contributed by atoms with E-state index >= 15 is 0 Å². The smallest absolute Gasteiger partial charge is 0.139 e. The number of hydrogen-bond donors (Lipinski definition) is 1. The molecule has 17 heavy (non-hydrogen) atoms. The van der Waals surface area contributed by atoms with Crippen LogP contribution in [0.3, 0.4) is 0 Å². The topological polar surface area (TPSA) is 47.1 Å². The van der Waals surface area contributed by atoms with Gasteiger partial charge >= 0.3 is 0 Å². The molecular formula is C11H15BrN2O2S. The first kappa shape index (κ1) is 13.1. The molecule has 2 rings (SSSR count). The number of H-pyrrole nitrogens is 1. The lowest BCUT2D eigenvalue weighted by molar-refractivity contribution is -0.117. The lowest BCUT2D eigenvalue weighted by Crippen LogP contribution is -2.38. The first-order chi connectivity index (χ1) is 8.18. The van der Waals surface area contributed by atoms with Crippen molar-refractivity contribution in [2.45, 2.75) is 25.4 Å². The van der Waals surface area contributed by atoms with Crippen molar-refractivity contribution in [2.24, 2.45) is 0 Å². The molecule has 2 heterocycles. The quantitative estimate of drug-likeness (QED) is 0.870. The third kappa shape index (κ3) is 2.76. The highest BCUT2D eigenvalue weighted by atomic mass is 79.9. The standard InChI is InChI=1S/C11H15BrN2O2S/c1-2-16-11(3-5-15-6-4-11)10-13-7-8(12)9(17)14-10/h7H,2-6H2,1H3,(H,13,14,17). The van der Waals surface area contributed by atoms with Gasteiger partial charge in [-0.25, -0.2) is 4.98 Å². The summed E-state index contributed by atoms with van der Waals surface area (Å²) in [6.07, 6.45) is 3.34. The zero-order valence-corrected chi connectivity index (χ0v) is 12.1. The molecule has 1 aromatic rings. The Labute approximate surface area is 114 Å². The van der Waals surface area contributed by atoms with Crippen LogP contribution in [0.15, 0.2) is 10.7 Å². The molecule has 1 fully saturated rings. The first-order valence-corrected chi connectivity index (χ1v) is 6.85. The molecule has 4 nitrogen and oxygen atoms in total. The number of ether oxygens (including phenoxy) is 2. The summed E-state index contributed by atoms with van der Waals surface area (Å²) in [4.78, 5) is 7.55. The van der Waals surface area contributed by atoms with Crippen LogP contribution in [0.25, 0.3) is 0 Å². The Hall–Kier alpha value is -0.300. The summed E-state index contributed by atoms with van der Waals surface area (Å²) in [6.45, 7) is 4.03. The van der Waals surface area contributed by atoms with Gasteiger partial charge in [-0.05, 0) is 22.9 Å². The average molecular weight is 319 g/mol. The van der Waals surface area contributed by atoms with Crippen molar-refractivity contribution in [3.8, 4) is 0 Å². The predicted octanol–water partition coefficient (Wildman–Crippen LogP) is 2.94. The summed E-state index contributed by atoms with van der Waals surface area (Å²) >= 11 is 8.56. The van der Waals surface area contributed by atoms with Gasteiger partial charge in [0, 0.05) is 38.9 Å². The van der Waals surface area contributed by atoms with Crippen LogP contribution in [0.1, 0.15) is 25.6 Å². The summed E-state index contributed by atoms with van der Waals surface area (Å²) < 4.78 is 12.8. The van der Waals surface area contributed by atoms with Gasteiger partial charge in [-0.15, -0.1) is 0 Å². The van der Waals surface area contributed by atoms with Gasteiger partial charge < -0.3 is 14.5 Å². The van der Waals surface area contributed by atoms with Crippen LogP contribution < -0.4 is 0 Å². The van der Waals surface area contributed by atoms with Crippen LogP contribution in [-0.2, 0) is 15.1 Å². The zero-order chi connectivity index (χ0) is 12.3. The normalized spacial score (nSPS) is 19.2. The summed E-state index contributed by atoms with van der Waals surface area (Å²) in [5.41, 5.74) is -0.374. The van der Waals surface area contributed by atoms with Crippen molar-refractivity contribution in [2.75, 3.05) is 19.8 Å². The van der Waals surface area contributed by atoms with Gasteiger partial charge in [-0.2, -0.15) is 0 Å². The maximum atomic E-state index is 5.92. The Morgan fingerprint density at radius 3 is 2.88 bits per heavy atom. The van der Waals surface area contributed by atoms with E-state index in [4.69, 9.17) is 21.7 Å². The van der Waals surface area contributed by atoms with Gasteiger partial charge in [-0.1, -0.05) is 12.2 Å². The van der Waals surface area contributed by atoms with E-state index in [1.54, 1.807) is 6.20 Å². The SMILES string of the molecule is CCOC1(c2ncc(Br)c(=S)[nH]2)CCOCC1. The van der Waals surface area contributed by atoms with Crippen molar-refractivity contribution in [3.63, 3.8) is 0 Å². The number of nitrogens with one attached hydrogen (secondary N) is 1. The second-order valence-corrected chi connectivity index (χ2v) is 5.21. The number of rotatable bonds is 3. The number of aromatic nitrogens is 2. The largest absolute Gasteiger partial charge is 0.381 e. The molecule has 6 heteroatoms. The van der Waals surface area contributed by atoms with E-state index in [9.17, 15) is 0 Å². The molecule has 1 aliphatic heterocycles. The van der Waals surface area contributed by atoms with Crippen molar-refractivity contribution >= 4 is 28.1 Å². The Morgan fingerprint density at radius 1 is 1.59 bits per heavy atom. The molecular weight excluding hydrogens is 304 g/mol. The Morgan fingerprint density at radius 2 is 2.29 bits per heavy atom. The monoisotopic (exact) mass is 318 g/mol. The molecule has 0 aromatic carbocycles. The summed E-state index contributed by atoms with van der Waals surface area (Å²) in [5.74, 6) is 0.802. The van der Waals surface area contributed by atoms with E-state index in [2.05, 4.69) is 25.9 Å². The summed E-state index contributed by atoms with van der Waals surface area (Å²) in [5, 5.41) is 0. The van der Waals surface area contributed by atoms with Crippen LogP contribution in [0.5, 0.6) is 0 Å². The molecule has 0 spiro atoms. The minimum absolute atomic E-state index is 0.374. The first-order valence-electron chi connectivity index (χ1n) is 5.65. The number of hydrogen-bond acceptors (Lipinski definition) is 4. The van der Waals surface area contributed by atoms with Gasteiger partial charge in [-0.3, -0.25) is 0 Å². The fraction of sp³-hybridized carbons (Fsp3) is 0.636. The van der Waals surface area contributed by atoms with E-state index in [1.807, 2.05) is 6.92 Å². The van der Waals surface area contributed by atoms with Gasteiger partial charge in [0.2, 0.25) is 0 Å². The van der Waals surface area contributed by atoms with E-state index in [0.29, 0.717) is 24.5 Å². The molecule has 1 N–H and O–H groups in total. The van der Waals surface area contributed by atoms with Crippen molar-refractivity contribution in [1.29, 1.82) is 0 Å².